The van der Waals surface area contributed by atoms with Gasteiger partial charge in [0.15, 0.2) is 0 Å². The van der Waals surface area contributed by atoms with Gasteiger partial charge in [-0.3, -0.25) is 4.79 Å². The van der Waals surface area contributed by atoms with Crippen molar-refractivity contribution in [3.8, 4) is 0 Å². The molecule has 0 spiro atoms. The molecule has 16 heavy (non-hydrogen) atoms. The maximum atomic E-state index is 11.5. The Hall–Kier alpha value is -1.16. The Morgan fingerprint density at radius 1 is 1.50 bits per heavy atom. The highest BCUT2D eigenvalue weighted by Gasteiger charge is 2.18. The summed E-state index contributed by atoms with van der Waals surface area (Å²) >= 11 is 0. The van der Waals surface area contributed by atoms with Crippen LogP contribution in [0, 0.1) is 0 Å². The number of H-pyrrole nitrogens is 1. The zero-order chi connectivity index (χ0) is 12.3. The fourth-order valence-electron chi connectivity index (χ4n) is 1.38. The van der Waals surface area contributed by atoms with E-state index < -0.39 is 0 Å². The fourth-order valence-corrected chi connectivity index (χ4v) is 1.38. The summed E-state index contributed by atoms with van der Waals surface area (Å²) in [6.07, 6.45) is -0.181. The average Bonchev–Trinajstić information content (AvgIpc) is 2.16. The smallest absolute Gasteiger partial charge is 0.251 e. The molecule has 0 aliphatic rings. The predicted octanol–water partition coefficient (Wildman–Crippen LogP) is 2.16. The highest BCUT2D eigenvalue weighted by Crippen LogP contribution is 2.20. The number of rotatable bonds is 3. The molecule has 0 aliphatic heterocycles. The van der Waals surface area contributed by atoms with E-state index in [4.69, 9.17) is 4.74 Å². The number of nitrogens with one attached hydrogen (secondary N) is 1. The van der Waals surface area contributed by atoms with Crippen LogP contribution in [0.2, 0.25) is 0 Å². The first kappa shape index (κ1) is 12.9. The lowest BCUT2D eigenvalue weighted by molar-refractivity contribution is 0.0695. The van der Waals surface area contributed by atoms with Crippen LogP contribution < -0.4 is 5.56 Å². The second-order valence-electron chi connectivity index (χ2n) is 4.86. The SMILES string of the molecule is CCOC(C)c1nc(C(C)(C)C)cc(=O)[nH]1. The van der Waals surface area contributed by atoms with Gasteiger partial charge < -0.3 is 9.72 Å². The highest BCUT2D eigenvalue weighted by atomic mass is 16.5. The van der Waals surface area contributed by atoms with Gasteiger partial charge in [-0.1, -0.05) is 20.8 Å². The van der Waals surface area contributed by atoms with Crippen molar-refractivity contribution in [2.24, 2.45) is 0 Å². The van der Waals surface area contributed by atoms with Crippen LogP contribution in [0.25, 0.3) is 0 Å². The van der Waals surface area contributed by atoms with Gasteiger partial charge in [0, 0.05) is 18.1 Å². The Bertz CT molecular complexity index is 404. The molecule has 1 heterocycles. The quantitative estimate of drug-likeness (QED) is 0.856. The maximum absolute atomic E-state index is 11.5. The molecule has 0 bridgehead atoms. The predicted molar refractivity (Wildman–Crippen MR) is 63.6 cm³/mol. The Labute approximate surface area is 96.1 Å². The Morgan fingerprint density at radius 2 is 2.12 bits per heavy atom. The molecule has 0 fully saturated rings. The van der Waals surface area contributed by atoms with E-state index >= 15 is 0 Å². The summed E-state index contributed by atoms with van der Waals surface area (Å²) in [7, 11) is 0. The van der Waals surface area contributed by atoms with Crippen LogP contribution in [0.4, 0.5) is 0 Å². The second kappa shape index (κ2) is 4.78. The van der Waals surface area contributed by atoms with E-state index in [0.29, 0.717) is 12.4 Å². The highest BCUT2D eigenvalue weighted by molar-refractivity contribution is 5.13. The van der Waals surface area contributed by atoms with E-state index in [9.17, 15) is 4.79 Å². The van der Waals surface area contributed by atoms with Crippen molar-refractivity contribution in [1.82, 2.24) is 9.97 Å². The van der Waals surface area contributed by atoms with Gasteiger partial charge in [0.25, 0.3) is 5.56 Å². The Morgan fingerprint density at radius 3 is 2.62 bits per heavy atom. The van der Waals surface area contributed by atoms with Crippen LogP contribution in [0.5, 0.6) is 0 Å². The first-order valence-corrected chi connectivity index (χ1v) is 5.58. The summed E-state index contributed by atoms with van der Waals surface area (Å²) in [4.78, 5) is 18.7. The van der Waals surface area contributed by atoms with Crippen LogP contribution >= 0.6 is 0 Å². The number of nitrogens with zero attached hydrogens (tertiary/aromatic N) is 1. The molecule has 0 saturated heterocycles. The van der Waals surface area contributed by atoms with Crippen molar-refractivity contribution < 1.29 is 4.74 Å². The zero-order valence-corrected chi connectivity index (χ0v) is 10.6. The summed E-state index contributed by atoms with van der Waals surface area (Å²) in [5, 5.41) is 0. The number of aromatic amines is 1. The largest absolute Gasteiger partial charge is 0.371 e. The van der Waals surface area contributed by atoms with Gasteiger partial charge in [-0.2, -0.15) is 0 Å². The van der Waals surface area contributed by atoms with Gasteiger partial charge in [-0.05, 0) is 13.8 Å². The van der Waals surface area contributed by atoms with Gasteiger partial charge in [-0.25, -0.2) is 4.98 Å². The molecule has 1 aromatic rings. The van der Waals surface area contributed by atoms with Crippen molar-refractivity contribution in [2.45, 2.75) is 46.1 Å². The Kier molecular flexibility index (Phi) is 3.86. The molecule has 1 N–H and O–H groups in total. The van der Waals surface area contributed by atoms with Gasteiger partial charge in [0.1, 0.15) is 11.9 Å². The number of hydrogen-bond acceptors (Lipinski definition) is 3. The lowest BCUT2D eigenvalue weighted by Crippen LogP contribution is -2.22. The summed E-state index contributed by atoms with van der Waals surface area (Å²) in [5.41, 5.74) is 0.536. The molecule has 4 heteroatoms. The third-order valence-electron chi connectivity index (χ3n) is 2.33. The normalized spacial score (nSPS) is 13.8. The molecule has 1 rings (SSSR count). The lowest BCUT2D eigenvalue weighted by atomic mass is 9.92. The second-order valence-corrected chi connectivity index (χ2v) is 4.86. The van der Waals surface area contributed by atoms with Crippen LogP contribution in [-0.4, -0.2) is 16.6 Å². The summed E-state index contributed by atoms with van der Waals surface area (Å²) in [6, 6.07) is 1.54. The lowest BCUT2D eigenvalue weighted by Gasteiger charge is -2.19. The molecule has 1 atom stereocenters. The molecular formula is C12H20N2O2. The van der Waals surface area contributed by atoms with Crippen molar-refractivity contribution in [3.05, 3.63) is 27.9 Å². The van der Waals surface area contributed by atoms with Crippen LogP contribution in [-0.2, 0) is 10.2 Å². The third-order valence-corrected chi connectivity index (χ3v) is 2.33. The molecule has 1 unspecified atom stereocenters. The number of hydrogen-bond donors (Lipinski definition) is 1. The van der Waals surface area contributed by atoms with Crippen molar-refractivity contribution in [1.29, 1.82) is 0 Å². The van der Waals surface area contributed by atoms with Gasteiger partial charge >= 0.3 is 0 Å². The first-order valence-electron chi connectivity index (χ1n) is 5.58. The van der Waals surface area contributed by atoms with Gasteiger partial charge in [0.05, 0.1) is 5.69 Å². The molecule has 1 aromatic heterocycles. The zero-order valence-electron chi connectivity index (χ0n) is 10.6. The van der Waals surface area contributed by atoms with Crippen LogP contribution in [0.15, 0.2) is 10.9 Å². The summed E-state index contributed by atoms with van der Waals surface area (Å²) < 4.78 is 5.42. The van der Waals surface area contributed by atoms with Crippen molar-refractivity contribution in [3.63, 3.8) is 0 Å². The molecule has 4 nitrogen and oxygen atoms in total. The summed E-state index contributed by atoms with van der Waals surface area (Å²) in [5.74, 6) is 0.597. The monoisotopic (exact) mass is 224 g/mol. The van der Waals surface area contributed by atoms with E-state index in [1.54, 1.807) is 6.07 Å². The minimum absolute atomic E-state index is 0.124. The topological polar surface area (TPSA) is 55.0 Å². The van der Waals surface area contributed by atoms with Crippen LogP contribution in [0.3, 0.4) is 0 Å². The van der Waals surface area contributed by atoms with Crippen molar-refractivity contribution in [2.75, 3.05) is 6.61 Å². The van der Waals surface area contributed by atoms with E-state index in [2.05, 4.69) is 9.97 Å². The first-order chi connectivity index (χ1) is 7.34. The molecule has 0 amide bonds. The molecule has 0 radical (unpaired) electrons. The minimum atomic E-state index is -0.181. The minimum Gasteiger partial charge on any atom is -0.371 e. The van der Waals surface area contributed by atoms with Crippen molar-refractivity contribution >= 4 is 0 Å². The van der Waals surface area contributed by atoms with E-state index in [-0.39, 0.29) is 17.1 Å². The Balaban J connectivity index is 3.13. The molecule has 0 aromatic carbocycles. The standard InChI is InChI=1S/C12H20N2O2/c1-6-16-8(2)11-13-9(12(3,4)5)7-10(15)14-11/h7-8H,6H2,1-5H3,(H,13,14,15). The third kappa shape index (κ3) is 3.17. The van der Waals surface area contributed by atoms with Crippen LogP contribution in [0.1, 0.15) is 52.2 Å². The fraction of sp³-hybridized carbons (Fsp3) is 0.667. The maximum Gasteiger partial charge on any atom is 0.251 e. The average molecular weight is 224 g/mol. The molecule has 90 valence electrons. The van der Waals surface area contributed by atoms with Gasteiger partial charge in [0.2, 0.25) is 0 Å². The molecular weight excluding hydrogens is 204 g/mol. The molecule has 0 saturated carbocycles. The van der Waals surface area contributed by atoms with E-state index in [1.807, 2.05) is 34.6 Å². The van der Waals surface area contributed by atoms with Gasteiger partial charge in [-0.15, -0.1) is 0 Å². The van der Waals surface area contributed by atoms with E-state index in [0.717, 1.165) is 5.69 Å². The number of ether oxygens (including phenoxy) is 1. The summed E-state index contributed by atoms with van der Waals surface area (Å²) in [6.45, 7) is 10.5. The molecule has 0 aliphatic carbocycles. The number of aromatic nitrogens is 2. The van der Waals surface area contributed by atoms with E-state index in [1.165, 1.54) is 0 Å².